The van der Waals surface area contributed by atoms with E-state index in [1.165, 1.54) is 5.56 Å². The normalized spacial score (nSPS) is 17.8. The number of rotatable bonds is 5. The summed E-state index contributed by atoms with van der Waals surface area (Å²) in [6, 6.07) is 20.4. The van der Waals surface area contributed by atoms with Crippen molar-refractivity contribution in [1.29, 1.82) is 0 Å². The van der Waals surface area contributed by atoms with Crippen molar-refractivity contribution < 1.29 is 9.53 Å². The molecule has 0 spiro atoms. The zero-order valence-corrected chi connectivity index (χ0v) is 15.0. The third-order valence-corrected chi connectivity index (χ3v) is 4.86. The van der Waals surface area contributed by atoms with Gasteiger partial charge in [-0.25, -0.2) is 0 Å². The van der Waals surface area contributed by atoms with Crippen molar-refractivity contribution in [3.05, 3.63) is 66.2 Å². The second kappa shape index (κ2) is 8.17. The minimum absolute atomic E-state index is 0.0656. The van der Waals surface area contributed by atoms with E-state index in [1.807, 2.05) is 48.2 Å². The third-order valence-electron chi connectivity index (χ3n) is 4.86. The maximum Gasteiger partial charge on any atom is 0.263 e. The van der Waals surface area contributed by atoms with E-state index < -0.39 is 6.10 Å². The third kappa shape index (κ3) is 4.40. The largest absolute Gasteiger partial charge is 0.481 e. The summed E-state index contributed by atoms with van der Waals surface area (Å²) in [5, 5.41) is 0. The molecule has 0 aliphatic carbocycles. The summed E-state index contributed by atoms with van der Waals surface area (Å²) in [6.07, 6.45) is -0.458. The number of benzene rings is 2. The molecule has 1 aliphatic rings. The predicted octanol–water partition coefficient (Wildman–Crippen LogP) is 3.36. The fourth-order valence-electron chi connectivity index (χ4n) is 3.28. The summed E-state index contributed by atoms with van der Waals surface area (Å²) in [4.78, 5) is 17.0. The second-order valence-corrected chi connectivity index (χ2v) is 6.52. The summed E-state index contributed by atoms with van der Waals surface area (Å²) in [6.45, 7) is 7.33. The molecule has 3 rings (SSSR count). The lowest BCUT2D eigenvalue weighted by molar-refractivity contribution is -0.140. The lowest BCUT2D eigenvalue weighted by Crippen LogP contribution is -2.52. The van der Waals surface area contributed by atoms with Crippen LogP contribution in [0.2, 0.25) is 0 Å². The van der Waals surface area contributed by atoms with Gasteiger partial charge in [-0.1, -0.05) is 48.5 Å². The van der Waals surface area contributed by atoms with Crippen LogP contribution in [-0.2, 0) is 4.79 Å². The Bertz CT molecular complexity index is 667. The number of hydrogen-bond acceptors (Lipinski definition) is 3. The van der Waals surface area contributed by atoms with Crippen LogP contribution in [0.15, 0.2) is 60.7 Å². The summed E-state index contributed by atoms with van der Waals surface area (Å²) in [5.74, 6) is 0.801. The van der Waals surface area contributed by atoms with Crippen molar-refractivity contribution >= 4 is 5.91 Å². The Morgan fingerprint density at radius 3 is 2.04 bits per heavy atom. The molecule has 1 heterocycles. The first-order valence-corrected chi connectivity index (χ1v) is 8.94. The highest BCUT2D eigenvalue weighted by atomic mass is 16.5. The Morgan fingerprint density at radius 2 is 1.44 bits per heavy atom. The Hall–Kier alpha value is -2.33. The first-order chi connectivity index (χ1) is 12.1. The summed E-state index contributed by atoms with van der Waals surface area (Å²) >= 11 is 0. The van der Waals surface area contributed by atoms with Gasteiger partial charge in [0.25, 0.3) is 5.91 Å². The van der Waals surface area contributed by atoms with E-state index in [4.69, 9.17) is 4.74 Å². The van der Waals surface area contributed by atoms with E-state index in [2.05, 4.69) is 36.1 Å². The van der Waals surface area contributed by atoms with E-state index in [0.717, 1.165) is 31.9 Å². The molecule has 1 aliphatic heterocycles. The van der Waals surface area contributed by atoms with Crippen LogP contribution in [0, 0.1) is 0 Å². The van der Waals surface area contributed by atoms with Gasteiger partial charge in [0.05, 0.1) is 0 Å². The molecule has 0 bridgehead atoms. The molecular weight excluding hydrogens is 312 g/mol. The molecule has 0 radical (unpaired) electrons. The lowest BCUT2D eigenvalue weighted by Gasteiger charge is -2.39. The van der Waals surface area contributed by atoms with Crippen molar-refractivity contribution in [3.8, 4) is 5.75 Å². The topological polar surface area (TPSA) is 32.8 Å². The van der Waals surface area contributed by atoms with Crippen molar-refractivity contribution in [3.63, 3.8) is 0 Å². The molecule has 0 N–H and O–H groups in total. The van der Waals surface area contributed by atoms with Crippen LogP contribution in [-0.4, -0.2) is 48.0 Å². The smallest absolute Gasteiger partial charge is 0.263 e. The standard InChI is InChI=1S/C21H26N2O2/c1-17(19-9-5-3-6-10-19)22-13-15-23(16-14-22)21(24)18(2)25-20-11-7-4-8-12-20/h3-12,17-18H,13-16H2,1-2H3. The molecule has 2 aromatic carbocycles. The second-order valence-electron chi connectivity index (χ2n) is 6.52. The first kappa shape index (κ1) is 17.5. The minimum Gasteiger partial charge on any atom is -0.481 e. The number of hydrogen-bond donors (Lipinski definition) is 0. The highest BCUT2D eigenvalue weighted by molar-refractivity contribution is 5.81. The molecule has 2 unspecified atom stereocenters. The van der Waals surface area contributed by atoms with Crippen LogP contribution < -0.4 is 4.74 Å². The maximum atomic E-state index is 12.6. The average molecular weight is 338 g/mol. The van der Waals surface area contributed by atoms with Gasteiger partial charge in [0.2, 0.25) is 0 Å². The Labute approximate surface area is 150 Å². The van der Waals surface area contributed by atoms with Gasteiger partial charge in [-0.05, 0) is 31.5 Å². The van der Waals surface area contributed by atoms with Gasteiger partial charge in [-0.3, -0.25) is 9.69 Å². The average Bonchev–Trinajstić information content (AvgIpc) is 2.68. The van der Waals surface area contributed by atoms with Crippen LogP contribution in [0.1, 0.15) is 25.5 Å². The highest BCUT2D eigenvalue weighted by Gasteiger charge is 2.28. The Kier molecular flexibility index (Phi) is 5.71. The van der Waals surface area contributed by atoms with Gasteiger partial charge in [-0.2, -0.15) is 0 Å². The van der Waals surface area contributed by atoms with E-state index in [9.17, 15) is 4.79 Å². The summed E-state index contributed by atoms with van der Waals surface area (Å²) < 4.78 is 5.77. The molecular formula is C21H26N2O2. The number of piperazine rings is 1. The molecule has 4 heteroatoms. The molecule has 2 atom stereocenters. The molecule has 0 saturated carbocycles. The van der Waals surface area contributed by atoms with Crippen LogP contribution in [0.25, 0.3) is 0 Å². The number of nitrogens with zero attached hydrogens (tertiary/aromatic N) is 2. The zero-order chi connectivity index (χ0) is 17.6. The van der Waals surface area contributed by atoms with Crippen molar-refractivity contribution in [1.82, 2.24) is 9.80 Å². The van der Waals surface area contributed by atoms with Gasteiger partial charge in [-0.15, -0.1) is 0 Å². The van der Waals surface area contributed by atoms with Gasteiger partial charge < -0.3 is 9.64 Å². The number of para-hydroxylation sites is 1. The fraction of sp³-hybridized carbons (Fsp3) is 0.381. The van der Waals surface area contributed by atoms with Crippen LogP contribution in [0.4, 0.5) is 0 Å². The van der Waals surface area contributed by atoms with Gasteiger partial charge in [0.15, 0.2) is 6.10 Å². The molecule has 2 aromatic rings. The number of amides is 1. The van der Waals surface area contributed by atoms with Gasteiger partial charge in [0, 0.05) is 32.2 Å². The van der Waals surface area contributed by atoms with Crippen LogP contribution >= 0.6 is 0 Å². The van der Waals surface area contributed by atoms with E-state index in [-0.39, 0.29) is 5.91 Å². The molecule has 25 heavy (non-hydrogen) atoms. The highest BCUT2D eigenvalue weighted by Crippen LogP contribution is 2.21. The fourth-order valence-corrected chi connectivity index (χ4v) is 3.28. The van der Waals surface area contributed by atoms with E-state index >= 15 is 0 Å². The lowest BCUT2D eigenvalue weighted by atomic mass is 10.1. The van der Waals surface area contributed by atoms with Crippen LogP contribution in [0.3, 0.4) is 0 Å². The summed E-state index contributed by atoms with van der Waals surface area (Å²) in [5.41, 5.74) is 1.32. The SMILES string of the molecule is CC(Oc1ccccc1)C(=O)N1CCN(C(C)c2ccccc2)CC1. The Morgan fingerprint density at radius 1 is 0.880 bits per heavy atom. The van der Waals surface area contributed by atoms with Crippen molar-refractivity contribution in [2.24, 2.45) is 0 Å². The minimum atomic E-state index is -0.458. The van der Waals surface area contributed by atoms with Crippen molar-refractivity contribution in [2.75, 3.05) is 26.2 Å². The number of carbonyl (C=O) groups excluding carboxylic acids is 1. The summed E-state index contributed by atoms with van der Waals surface area (Å²) in [7, 11) is 0. The van der Waals surface area contributed by atoms with E-state index in [1.54, 1.807) is 0 Å². The first-order valence-electron chi connectivity index (χ1n) is 8.94. The molecule has 1 fully saturated rings. The van der Waals surface area contributed by atoms with Gasteiger partial charge >= 0.3 is 0 Å². The number of carbonyl (C=O) groups is 1. The molecule has 1 amide bonds. The van der Waals surface area contributed by atoms with E-state index in [0.29, 0.717) is 6.04 Å². The molecule has 132 valence electrons. The van der Waals surface area contributed by atoms with Crippen molar-refractivity contribution in [2.45, 2.75) is 26.0 Å². The number of ether oxygens (including phenoxy) is 1. The molecule has 4 nitrogen and oxygen atoms in total. The maximum absolute atomic E-state index is 12.6. The molecule has 1 saturated heterocycles. The Balaban J connectivity index is 1.52. The molecule has 0 aromatic heterocycles. The monoisotopic (exact) mass is 338 g/mol. The van der Waals surface area contributed by atoms with Gasteiger partial charge in [0.1, 0.15) is 5.75 Å². The quantitative estimate of drug-likeness (QED) is 0.838. The predicted molar refractivity (Wildman–Crippen MR) is 99.5 cm³/mol. The van der Waals surface area contributed by atoms with Crippen LogP contribution in [0.5, 0.6) is 5.75 Å². The zero-order valence-electron chi connectivity index (χ0n) is 15.0.